The first kappa shape index (κ1) is 12.6. The molecule has 0 bridgehead atoms. The van der Waals surface area contributed by atoms with Crippen LogP contribution in [0.3, 0.4) is 0 Å². The van der Waals surface area contributed by atoms with Gasteiger partial charge in [-0.1, -0.05) is 17.7 Å². The van der Waals surface area contributed by atoms with Crippen LogP contribution in [0.5, 0.6) is 5.75 Å². The van der Waals surface area contributed by atoms with Gasteiger partial charge in [0.05, 0.1) is 0 Å². The number of rotatable bonds is 4. The van der Waals surface area contributed by atoms with E-state index in [1.54, 1.807) is 36.5 Å². The van der Waals surface area contributed by atoms with Crippen LogP contribution in [-0.4, -0.2) is 10.8 Å². The van der Waals surface area contributed by atoms with Gasteiger partial charge in [-0.3, -0.25) is 4.79 Å². The summed E-state index contributed by atoms with van der Waals surface area (Å²) in [6.07, 6.45) is 1.67. The number of halogens is 1. The lowest BCUT2D eigenvalue weighted by molar-refractivity contribution is 0.101. The topological polar surface area (TPSA) is 39.2 Å². The largest absolute Gasteiger partial charge is 0.489 e. The highest BCUT2D eigenvalue weighted by atomic mass is 35.5. The molecule has 3 nitrogen and oxygen atoms in total. The molecule has 92 valence electrons. The zero-order valence-corrected chi connectivity index (χ0v) is 10.6. The van der Waals surface area contributed by atoms with Crippen molar-refractivity contribution in [3.8, 4) is 5.75 Å². The lowest BCUT2D eigenvalue weighted by Gasteiger charge is -2.06. The van der Waals surface area contributed by atoms with E-state index in [1.807, 2.05) is 6.07 Å². The molecule has 0 N–H and O–H groups in total. The zero-order chi connectivity index (χ0) is 13.0. The van der Waals surface area contributed by atoms with Gasteiger partial charge < -0.3 is 4.74 Å². The summed E-state index contributed by atoms with van der Waals surface area (Å²) in [5.41, 5.74) is 1.62. The SMILES string of the molecule is CC(=O)c1ccc(OCc2ccc(Cl)nc2)cc1. The molecule has 0 radical (unpaired) electrons. The Bertz CT molecular complexity index is 535. The lowest BCUT2D eigenvalue weighted by atomic mass is 10.1. The summed E-state index contributed by atoms with van der Waals surface area (Å²) < 4.78 is 5.57. The van der Waals surface area contributed by atoms with Crippen LogP contribution in [-0.2, 0) is 6.61 Å². The molecule has 2 rings (SSSR count). The number of ether oxygens (including phenoxy) is 1. The second-order valence-electron chi connectivity index (χ2n) is 3.86. The molecule has 4 heteroatoms. The molecule has 0 aliphatic carbocycles. The molecule has 1 aromatic heterocycles. The number of pyridine rings is 1. The van der Waals surface area contributed by atoms with Crippen LogP contribution in [0.15, 0.2) is 42.6 Å². The highest BCUT2D eigenvalue weighted by Gasteiger charge is 2.00. The smallest absolute Gasteiger partial charge is 0.159 e. The molecule has 0 aliphatic heterocycles. The summed E-state index contributed by atoms with van der Waals surface area (Å²) in [4.78, 5) is 15.1. The molecule has 0 fully saturated rings. The fraction of sp³-hybridized carbons (Fsp3) is 0.143. The molecule has 2 aromatic rings. The van der Waals surface area contributed by atoms with Crippen LogP contribution >= 0.6 is 11.6 Å². The molecule has 1 aromatic carbocycles. The van der Waals surface area contributed by atoms with Crippen molar-refractivity contribution in [2.45, 2.75) is 13.5 Å². The predicted octanol–water partition coefficient (Wildman–Crippen LogP) is 3.52. The van der Waals surface area contributed by atoms with E-state index in [0.29, 0.717) is 17.3 Å². The number of hydrogen-bond donors (Lipinski definition) is 0. The minimum Gasteiger partial charge on any atom is -0.489 e. The van der Waals surface area contributed by atoms with Gasteiger partial charge in [0.1, 0.15) is 17.5 Å². The summed E-state index contributed by atoms with van der Waals surface area (Å²) in [5, 5.41) is 0.463. The van der Waals surface area contributed by atoms with Gasteiger partial charge in [-0.15, -0.1) is 0 Å². The molecular formula is C14H12ClNO2. The van der Waals surface area contributed by atoms with E-state index in [4.69, 9.17) is 16.3 Å². The van der Waals surface area contributed by atoms with Crippen molar-refractivity contribution < 1.29 is 9.53 Å². The van der Waals surface area contributed by atoms with Crippen molar-refractivity contribution in [3.05, 3.63) is 58.9 Å². The average molecular weight is 262 g/mol. The first-order valence-corrected chi connectivity index (χ1v) is 5.87. The van der Waals surface area contributed by atoms with E-state index in [2.05, 4.69) is 4.98 Å². The highest BCUT2D eigenvalue weighted by molar-refractivity contribution is 6.29. The molecule has 0 unspecified atom stereocenters. The number of ketones is 1. The van der Waals surface area contributed by atoms with Crippen molar-refractivity contribution in [1.29, 1.82) is 0 Å². The van der Waals surface area contributed by atoms with Crippen molar-refractivity contribution in [2.24, 2.45) is 0 Å². The van der Waals surface area contributed by atoms with Gasteiger partial charge in [0.15, 0.2) is 5.78 Å². The van der Waals surface area contributed by atoms with Gasteiger partial charge in [-0.25, -0.2) is 4.98 Å². The molecule has 0 amide bonds. The Morgan fingerprint density at radius 2 is 1.94 bits per heavy atom. The van der Waals surface area contributed by atoms with E-state index in [1.165, 1.54) is 6.92 Å². The van der Waals surface area contributed by atoms with Gasteiger partial charge in [0.2, 0.25) is 0 Å². The molecule has 0 spiro atoms. The summed E-state index contributed by atoms with van der Waals surface area (Å²) in [6, 6.07) is 10.6. The Kier molecular flexibility index (Phi) is 3.95. The Balaban J connectivity index is 1.97. The maximum atomic E-state index is 11.1. The second kappa shape index (κ2) is 5.65. The monoisotopic (exact) mass is 261 g/mol. The van der Waals surface area contributed by atoms with Crippen LogP contribution in [0.2, 0.25) is 5.15 Å². The fourth-order valence-corrected chi connectivity index (χ4v) is 1.56. The minimum atomic E-state index is 0.0449. The Morgan fingerprint density at radius 1 is 1.22 bits per heavy atom. The van der Waals surface area contributed by atoms with E-state index in [-0.39, 0.29) is 5.78 Å². The Morgan fingerprint density at radius 3 is 2.50 bits per heavy atom. The molecule has 1 heterocycles. The quantitative estimate of drug-likeness (QED) is 0.624. The number of nitrogens with zero attached hydrogens (tertiary/aromatic N) is 1. The second-order valence-corrected chi connectivity index (χ2v) is 4.25. The first-order valence-electron chi connectivity index (χ1n) is 5.49. The third-order valence-electron chi connectivity index (χ3n) is 2.45. The normalized spacial score (nSPS) is 10.1. The number of aromatic nitrogens is 1. The number of Topliss-reactive ketones (excluding diaryl/α,β-unsaturated/α-hetero) is 1. The molecule has 0 aliphatic rings. The van der Waals surface area contributed by atoms with Gasteiger partial charge in [0, 0.05) is 17.3 Å². The maximum Gasteiger partial charge on any atom is 0.159 e. The van der Waals surface area contributed by atoms with Crippen molar-refractivity contribution in [2.75, 3.05) is 0 Å². The molecule has 0 saturated carbocycles. The van der Waals surface area contributed by atoms with Crippen LogP contribution in [0.4, 0.5) is 0 Å². The van der Waals surface area contributed by atoms with Gasteiger partial charge in [-0.05, 0) is 37.3 Å². The Hall–Kier alpha value is -1.87. The third kappa shape index (κ3) is 3.31. The maximum absolute atomic E-state index is 11.1. The number of hydrogen-bond acceptors (Lipinski definition) is 3. The van der Waals surface area contributed by atoms with Crippen molar-refractivity contribution in [3.63, 3.8) is 0 Å². The summed E-state index contributed by atoms with van der Waals surface area (Å²) >= 11 is 5.69. The lowest BCUT2D eigenvalue weighted by Crippen LogP contribution is -1.97. The number of benzene rings is 1. The van der Waals surface area contributed by atoms with E-state index in [9.17, 15) is 4.79 Å². The number of carbonyl (C=O) groups is 1. The van der Waals surface area contributed by atoms with Gasteiger partial charge in [-0.2, -0.15) is 0 Å². The van der Waals surface area contributed by atoms with Crippen LogP contribution in [0.1, 0.15) is 22.8 Å². The standard InChI is InChI=1S/C14H12ClNO2/c1-10(17)12-3-5-13(6-4-12)18-9-11-2-7-14(15)16-8-11/h2-8H,9H2,1H3. The minimum absolute atomic E-state index is 0.0449. The van der Waals surface area contributed by atoms with Crippen molar-refractivity contribution >= 4 is 17.4 Å². The van der Waals surface area contributed by atoms with Crippen LogP contribution < -0.4 is 4.74 Å². The van der Waals surface area contributed by atoms with Gasteiger partial charge in [0.25, 0.3) is 0 Å². The van der Waals surface area contributed by atoms with Gasteiger partial charge >= 0.3 is 0 Å². The molecular weight excluding hydrogens is 250 g/mol. The molecule has 0 saturated heterocycles. The summed E-state index contributed by atoms with van der Waals surface area (Å²) in [7, 11) is 0. The zero-order valence-electron chi connectivity index (χ0n) is 9.89. The first-order chi connectivity index (χ1) is 8.65. The summed E-state index contributed by atoms with van der Waals surface area (Å²) in [6.45, 7) is 1.96. The average Bonchev–Trinajstić information content (AvgIpc) is 2.38. The van der Waals surface area contributed by atoms with Crippen LogP contribution in [0, 0.1) is 0 Å². The molecule has 18 heavy (non-hydrogen) atoms. The number of carbonyl (C=O) groups excluding carboxylic acids is 1. The van der Waals surface area contributed by atoms with E-state index in [0.717, 1.165) is 11.3 Å². The van der Waals surface area contributed by atoms with Crippen LogP contribution in [0.25, 0.3) is 0 Å². The summed E-state index contributed by atoms with van der Waals surface area (Å²) in [5.74, 6) is 0.762. The fourth-order valence-electron chi connectivity index (χ4n) is 1.44. The Labute approximate surface area is 110 Å². The molecule has 0 atom stereocenters. The third-order valence-corrected chi connectivity index (χ3v) is 2.68. The predicted molar refractivity (Wildman–Crippen MR) is 70.0 cm³/mol. The van der Waals surface area contributed by atoms with E-state index >= 15 is 0 Å². The van der Waals surface area contributed by atoms with Crippen molar-refractivity contribution in [1.82, 2.24) is 4.98 Å². The highest BCUT2D eigenvalue weighted by Crippen LogP contribution is 2.15. The van der Waals surface area contributed by atoms with E-state index < -0.39 is 0 Å².